The number of amides is 1. The maximum absolute atomic E-state index is 13.9. The molecule has 21 heavy (non-hydrogen) atoms. The van der Waals surface area contributed by atoms with Gasteiger partial charge in [-0.3, -0.25) is 4.79 Å². The minimum atomic E-state index is -0.475. The Labute approximate surface area is 131 Å². The Hall–Kier alpha value is -1.68. The molecule has 0 saturated carbocycles. The van der Waals surface area contributed by atoms with Gasteiger partial charge in [0.1, 0.15) is 5.82 Å². The van der Waals surface area contributed by atoms with Gasteiger partial charge in [-0.2, -0.15) is 0 Å². The Balaban J connectivity index is 1.79. The normalized spacial score (nSPS) is 18.0. The van der Waals surface area contributed by atoms with Crippen LogP contribution in [0.4, 0.5) is 4.39 Å². The quantitative estimate of drug-likeness (QED) is 0.796. The van der Waals surface area contributed by atoms with E-state index in [4.69, 9.17) is 0 Å². The number of benzene rings is 2. The van der Waals surface area contributed by atoms with Crippen molar-refractivity contribution in [3.05, 3.63) is 69.9 Å². The molecular weight excluding hydrogens is 333 g/mol. The summed E-state index contributed by atoms with van der Waals surface area (Å²) in [5, 5.41) is 0. The molecule has 1 atom stereocenters. The van der Waals surface area contributed by atoms with Crippen LogP contribution in [0.15, 0.2) is 53.0 Å². The lowest BCUT2D eigenvalue weighted by Gasteiger charge is -2.18. The van der Waals surface area contributed by atoms with Crippen LogP contribution in [0.2, 0.25) is 0 Å². The van der Waals surface area contributed by atoms with Crippen molar-refractivity contribution in [3.8, 4) is 0 Å². The molecule has 1 unspecified atom stereocenters. The Kier molecular flexibility index (Phi) is 4.06. The summed E-state index contributed by atoms with van der Waals surface area (Å²) in [5.74, 6) is -0.378. The third-order valence-corrected chi connectivity index (χ3v) is 4.58. The van der Waals surface area contributed by atoms with Crippen LogP contribution in [0.1, 0.15) is 28.3 Å². The van der Waals surface area contributed by atoms with Gasteiger partial charge in [-0.1, -0.05) is 36.4 Å². The average Bonchev–Trinajstić information content (AvgIpc) is 2.97. The summed E-state index contributed by atoms with van der Waals surface area (Å²) in [6, 6.07) is 14.8. The van der Waals surface area contributed by atoms with Crippen LogP contribution in [0, 0.1) is 5.82 Å². The fraction of sp³-hybridized carbons (Fsp3) is 0.235. The van der Waals surface area contributed by atoms with Crippen molar-refractivity contribution >= 4 is 21.8 Å². The Morgan fingerprint density at radius 2 is 1.90 bits per heavy atom. The fourth-order valence-electron chi connectivity index (χ4n) is 2.80. The minimum absolute atomic E-state index is 0.131. The van der Waals surface area contributed by atoms with E-state index >= 15 is 0 Å². The van der Waals surface area contributed by atoms with E-state index in [1.54, 1.807) is 17.0 Å². The van der Waals surface area contributed by atoms with E-state index in [9.17, 15) is 9.18 Å². The first kappa shape index (κ1) is 14.3. The highest BCUT2D eigenvalue weighted by atomic mass is 79.9. The van der Waals surface area contributed by atoms with E-state index in [1.807, 2.05) is 18.2 Å². The minimum Gasteiger partial charge on any atom is -0.338 e. The molecule has 1 aliphatic rings. The lowest BCUT2D eigenvalue weighted by molar-refractivity contribution is 0.0785. The molecule has 0 spiro atoms. The molecule has 2 nitrogen and oxygen atoms in total. The fourth-order valence-corrected chi connectivity index (χ4v) is 3.31. The topological polar surface area (TPSA) is 20.3 Å². The van der Waals surface area contributed by atoms with Crippen LogP contribution in [0.3, 0.4) is 0 Å². The zero-order chi connectivity index (χ0) is 14.8. The first-order chi connectivity index (χ1) is 10.2. The van der Waals surface area contributed by atoms with E-state index < -0.39 is 5.82 Å². The van der Waals surface area contributed by atoms with Crippen molar-refractivity contribution < 1.29 is 9.18 Å². The van der Waals surface area contributed by atoms with Gasteiger partial charge in [0.05, 0.1) is 5.56 Å². The van der Waals surface area contributed by atoms with Gasteiger partial charge in [-0.05, 0) is 40.0 Å². The van der Waals surface area contributed by atoms with E-state index in [0.717, 1.165) is 6.42 Å². The monoisotopic (exact) mass is 347 g/mol. The molecule has 1 aliphatic heterocycles. The summed E-state index contributed by atoms with van der Waals surface area (Å²) in [6.07, 6.45) is 0.918. The van der Waals surface area contributed by atoms with E-state index in [1.165, 1.54) is 11.6 Å². The highest BCUT2D eigenvalue weighted by Gasteiger charge is 2.30. The summed E-state index contributed by atoms with van der Waals surface area (Å²) < 4.78 is 14.4. The van der Waals surface area contributed by atoms with Gasteiger partial charge in [0.15, 0.2) is 0 Å². The van der Waals surface area contributed by atoms with Gasteiger partial charge < -0.3 is 4.90 Å². The second-order valence-corrected chi connectivity index (χ2v) is 6.10. The molecule has 0 radical (unpaired) electrons. The zero-order valence-corrected chi connectivity index (χ0v) is 13.0. The molecule has 0 bridgehead atoms. The molecule has 0 aromatic heterocycles. The number of carbonyl (C=O) groups excluding carboxylic acids is 1. The number of hydrogen-bond donors (Lipinski definition) is 0. The van der Waals surface area contributed by atoms with Gasteiger partial charge in [0.25, 0.3) is 5.91 Å². The number of rotatable bonds is 2. The van der Waals surface area contributed by atoms with Crippen molar-refractivity contribution in [2.24, 2.45) is 0 Å². The highest BCUT2D eigenvalue weighted by molar-refractivity contribution is 9.10. The maximum atomic E-state index is 13.9. The summed E-state index contributed by atoms with van der Waals surface area (Å²) in [7, 11) is 0. The van der Waals surface area contributed by atoms with E-state index in [2.05, 4.69) is 28.1 Å². The number of nitrogens with zero attached hydrogens (tertiary/aromatic N) is 1. The van der Waals surface area contributed by atoms with Crippen LogP contribution in [-0.4, -0.2) is 23.9 Å². The molecule has 2 aromatic carbocycles. The molecule has 0 N–H and O–H groups in total. The number of hydrogen-bond acceptors (Lipinski definition) is 1. The average molecular weight is 348 g/mol. The largest absolute Gasteiger partial charge is 0.338 e. The van der Waals surface area contributed by atoms with Crippen LogP contribution in [0.5, 0.6) is 0 Å². The van der Waals surface area contributed by atoms with Crippen molar-refractivity contribution in [1.29, 1.82) is 0 Å². The summed E-state index contributed by atoms with van der Waals surface area (Å²) in [6.45, 7) is 1.31. The number of carbonyl (C=O) groups is 1. The molecular formula is C17H15BrFNO. The van der Waals surface area contributed by atoms with Gasteiger partial charge in [0.2, 0.25) is 0 Å². The molecule has 0 aliphatic carbocycles. The van der Waals surface area contributed by atoms with Gasteiger partial charge in [0, 0.05) is 23.5 Å². The summed E-state index contributed by atoms with van der Waals surface area (Å²) in [4.78, 5) is 14.3. The summed E-state index contributed by atoms with van der Waals surface area (Å²) >= 11 is 3.27. The van der Waals surface area contributed by atoms with Crippen molar-refractivity contribution in [2.45, 2.75) is 12.3 Å². The van der Waals surface area contributed by atoms with Crippen LogP contribution < -0.4 is 0 Å². The van der Waals surface area contributed by atoms with Crippen molar-refractivity contribution in [3.63, 3.8) is 0 Å². The molecule has 1 fully saturated rings. The van der Waals surface area contributed by atoms with Gasteiger partial charge >= 0.3 is 0 Å². The lowest BCUT2D eigenvalue weighted by Crippen LogP contribution is -2.29. The van der Waals surface area contributed by atoms with Gasteiger partial charge in [-0.15, -0.1) is 0 Å². The van der Waals surface area contributed by atoms with Crippen molar-refractivity contribution in [1.82, 2.24) is 4.90 Å². The third kappa shape index (κ3) is 2.86. The van der Waals surface area contributed by atoms with E-state index in [-0.39, 0.29) is 11.5 Å². The second kappa shape index (κ2) is 5.98. The third-order valence-electron chi connectivity index (χ3n) is 3.92. The first-order valence-electron chi connectivity index (χ1n) is 6.95. The first-order valence-corrected chi connectivity index (χ1v) is 7.74. The Morgan fingerprint density at radius 1 is 1.14 bits per heavy atom. The molecule has 1 amide bonds. The predicted octanol–water partition coefficient (Wildman–Crippen LogP) is 4.22. The predicted molar refractivity (Wildman–Crippen MR) is 83.8 cm³/mol. The molecule has 1 saturated heterocycles. The zero-order valence-electron chi connectivity index (χ0n) is 11.4. The molecule has 3 rings (SSSR count). The smallest absolute Gasteiger partial charge is 0.258 e. The Bertz CT molecular complexity index is 639. The molecule has 4 heteroatoms. The summed E-state index contributed by atoms with van der Waals surface area (Å²) in [5.41, 5.74) is 1.37. The van der Waals surface area contributed by atoms with E-state index in [0.29, 0.717) is 23.5 Å². The molecule has 1 heterocycles. The van der Waals surface area contributed by atoms with Gasteiger partial charge in [-0.25, -0.2) is 4.39 Å². The number of halogens is 2. The van der Waals surface area contributed by atoms with Crippen LogP contribution in [-0.2, 0) is 0 Å². The van der Waals surface area contributed by atoms with Crippen molar-refractivity contribution in [2.75, 3.05) is 13.1 Å². The van der Waals surface area contributed by atoms with Crippen LogP contribution in [0.25, 0.3) is 0 Å². The molecule has 2 aromatic rings. The molecule has 108 valence electrons. The standard InChI is InChI=1S/C17H15BrFNO/c18-14-7-4-8-15(19)16(14)17(21)20-10-9-13(11-20)12-5-2-1-3-6-12/h1-8,13H,9-11H2. The lowest BCUT2D eigenvalue weighted by atomic mass is 9.99. The van der Waals surface area contributed by atoms with Crippen LogP contribution >= 0.6 is 15.9 Å². The highest BCUT2D eigenvalue weighted by Crippen LogP contribution is 2.30. The maximum Gasteiger partial charge on any atom is 0.258 e. The SMILES string of the molecule is O=C(c1c(F)cccc1Br)N1CCC(c2ccccc2)C1. The second-order valence-electron chi connectivity index (χ2n) is 5.24. The number of likely N-dealkylation sites (tertiary alicyclic amines) is 1. The Morgan fingerprint density at radius 3 is 2.62 bits per heavy atom.